The van der Waals surface area contributed by atoms with Crippen LogP contribution in [0.4, 0.5) is 5.82 Å². The zero-order chi connectivity index (χ0) is 20.5. The molecule has 2 aromatic heterocycles. The lowest BCUT2D eigenvalue weighted by molar-refractivity contribution is 0.122. The maximum absolute atomic E-state index is 9.92. The molecule has 0 spiro atoms. The van der Waals surface area contributed by atoms with Crippen LogP contribution < -0.4 is 4.90 Å². The average molecular weight is 426 g/mol. The molecule has 2 aliphatic heterocycles. The SMILES string of the molecule is CN1CCN(Cc2cc3nc(-c4cccc(O)c4)nc(N4CCOCC4)c3s2)CC1. The van der Waals surface area contributed by atoms with Crippen LogP contribution in [0.2, 0.25) is 0 Å². The molecule has 0 saturated carbocycles. The minimum absolute atomic E-state index is 0.227. The Bertz CT molecular complexity index is 1030. The van der Waals surface area contributed by atoms with Crippen molar-refractivity contribution < 1.29 is 9.84 Å². The largest absolute Gasteiger partial charge is 0.508 e. The molecule has 0 amide bonds. The molecule has 1 N–H and O–H groups in total. The maximum atomic E-state index is 9.92. The Hall–Kier alpha value is -2.26. The lowest BCUT2D eigenvalue weighted by Crippen LogP contribution is -2.43. The molecule has 5 rings (SSSR count). The standard InChI is InChI=1S/C22H27N5O2S/c1-25-5-7-26(8-6-25)15-18-14-19-20(30-18)22(27-9-11-29-12-10-27)24-21(23-19)16-3-2-4-17(28)13-16/h2-4,13-14,28H,5-12,15H2,1H3. The lowest BCUT2D eigenvalue weighted by Gasteiger charge is -2.31. The van der Waals surface area contributed by atoms with E-state index in [-0.39, 0.29) is 5.75 Å². The van der Waals surface area contributed by atoms with E-state index in [1.54, 1.807) is 23.5 Å². The van der Waals surface area contributed by atoms with Crippen molar-refractivity contribution in [3.8, 4) is 17.1 Å². The Kier molecular flexibility index (Phi) is 5.56. The van der Waals surface area contributed by atoms with Gasteiger partial charge in [0.15, 0.2) is 11.6 Å². The van der Waals surface area contributed by atoms with E-state index in [4.69, 9.17) is 14.7 Å². The van der Waals surface area contributed by atoms with Gasteiger partial charge in [-0.3, -0.25) is 4.90 Å². The minimum Gasteiger partial charge on any atom is -0.508 e. The van der Waals surface area contributed by atoms with E-state index < -0.39 is 0 Å². The van der Waals surface area contributed by atoms with E-state index in [2.05, 4.69) is 27.8 Å². The smallest absolute Gasteiger partial charge is 0.162 e. The molecule has 30 heavy (non-hydrogen) atoms. The van der Waals surface area contributed by atoms with E-state index >= 15 is 0 Å². The Labute approximate surface area is 180 Å². The number of thiophene rings is 1. The molecule has 0 atom stereocenters. The fourth-order valence-corrected chi connectivity index (χ4v) is 5.19. The third kappa shape index (κ3) is 4.13. The predicted molar refractivity (Wildman–Crippen MR) is 120 cm³/mol. The van der Waals surface area contributed by atoms with Crippen molar-refractivity contribution in [2.75, 3.05) is 64.4 Å². The number of aromatic hydroxyl groups is 1. The van der Waals surface area contributed by atoms with Crippen LogP contribution >= 0.6 is 11.3 Å². The van der Waals surface area contributed by atoms with Crippen molar-refractivity contribution in [2.45, 2.75) is 6.54 Å². The number of phenolic OH excluding ortho intramolecular Hbond substituents is 1. The Balaban J connectivity index is 1.52. The molecule has 2 saturated heterocycles. The van der Waals surface area contributed by atoms with Gasteiger partial charge < -0.3 is 19.6 Å². The van der Waals surface area contributed by atoms with Gasteiger partial charge >= 0.3 is 0 Å². The van der Waals surface area contributed by atoms with Crippen molar-refractivity contribution in [3.05, 3.63) is 35.2 Å². The average Bonchev–Trinajstić information content (AvgIpc) is 3.17. The number of likely N-dealkylation sites (N-methyl/N-ethyl adjacent to an activating group) is 1. The summed E-state index contributed by atoms with van der Waals surface area (Å²) in [4.78, 5) is 18.3. The number of hydrogen-bond acceptors (Lipinski definition) is 8. The van der Waals surface area contributed by atoms with E-state index in [0.29, 0.717) is 19.0 Å². The number of benzene rings is 1. The van der Waals surface area contributed by atoms with Gasteiger partial charge in [-0.1, -0.05) is 12.1 Å². The van der Waals surface area contributed by atoms with Gasteiger partial charge in [-0.05, 0) is 25.2 Å². The molecule has 0 radical (unpaired) electrons. The molecule has 2 aliphatic rings. The summed E-state index contributed by atoms with van der Waals surface area (Å²) in [5, 5.41) is 9.92. The Morgan fingerprint density at radius 3 is 2.60 bits per heavy atom. The summed E-state index contributed by atoms with van der Waals surface area (Å²) < 4.78 is 6.70. The number of hydrogen-bond donors (Lipinski definition) is 1. The summed E-state index contributed by atoms with van der Waals surface area (Å²) >= 11 is 1.81. The normalized spacial score (nSPS) is 18.9. The first-order valence-corrected chi connectivity index (χ1v) is 11.3. The Morgan fingerprint density at radius 1 is 1.03 bits per heavy atom. The van der Waals surface area contributed by atoms with E-state index in [1.807, 2.05) is 12.1 Å². The maximum Gasteiger partial charge on any atom is 0.162 e. The highest BCUT2D eigenvalue weighted by Gasteiger charge is 2.21. The number of aromatic nitrogens is 2. The highest BCUT2D eigenvalue weighted by molar-refractivity contribution is 7.19. The highest BCUT2D eigenvalue weighted by atomic mass is 32.1. The van der Waals surface area contributed by atoms with Crippen molar-refractivity contribution in [1.82, 2.24) is 19.8 Å². The van der Waals surface area contributed by atoms with Crippen LogP contribution in [0.3, 0.4) is 0 Å². The summed E-state index contributed by atoms with van der Waals surface area (Å²) in [5.41, 5.74) is 1.82. The summed E-state index contributed by atoms with van der Waals surface area (Å²) in [5.74, 6) is 1.87. The second-order valence-corrected chi connectivity index (χ2v) is 9.16. The van der Waals surface area contributed by atoms with Crippen LogP contribution in [0.25, 0.3) is 21.6 Å². The van der Waals surface area contributed by atoms with Crippen LogP contribution in [0, 0.1) is 0 Å². The zero-order valence-corrected chi connectivity index (χ0v) is 18.1. The number of nitrogens with zero attached hydrogens (tertiary/aromatic N) is 5. The van der Waals surface area contributed by atoms with Gasteiger partial charge in [-0.15, -0.1) is 11.3 Å². The molecule has 0 unspecified atom stereocenters. The molecule has 158 valence electrons. The van der Waals surface area contributed by atoms with Gasteiger partial charge in [-0.25, -0.2) is 9.97 Å². The van der Waals surface area contributed by atoms with Gasteiger partial charge in [0, 0.05) is 56.3 Å². The van der Waals surface area contributed by atoms with E-state index in [1.165, 1.54) is 4.88 Å². The number of rotatable bonds is 4. The second-order valence-electron chi connectivity index (χ2n) is 8.03. The highest BCUT2D eigenvalue weighted by Crippen LogP contribution is 2.35. The lowest BCUT2D eigenvalue weighted by atomic mass is 10.2. The fraction of sp³-hybridized carbons (Fsp3) is 0.455. The number of morpholine rings is 1. The zero-order valence-electron chi connectivity index (χ0n) is 17.3. The molecule has 2 fully saturated rings. The van der Waals surface area contributed by atoms with Crippen LogP contribution in [0.5, 0.6) is 5.75 Å². The molecule has 3 aromatic rings. The van der Waals surface area contributed by atoms with E-state index in [9.17, 15) is 5.11 Å². The molecule has 7 nitrogen and oxygen atoms in total. The summed E-state index contributed by atoms with van der Waals surface area (Å²) in [7, 11) is 2.18. The molecule has 4 heterocycles. The van der Waals surface area contributed by atoms with Crippen molar-refractivity contribution in [2.24, 2.45) is 0 Å². The first-order chi connectivity index (χ1) is 14.7. The fourth-order valence-electron chi connectivity index (χ4n) is 4.03. The number of ether oxygens (including phenoxy) is 1. The first kappa shape index (κ1) is 19.7. The number of anilines is 1. The summed E-state index contributed by atoms with van der Waals surface area (Å²) in [6.45, 7) is 8.48. The molecule has 1 aromatic carbocycles. The van der Waals surface area contributed by atoms with Crippen molar-refractivity contribution in [1.29, 1.82) is 0 Å². The topological polar surface area (TPSA) is 65.0 Å². The third-order valence-corrected chi connectivity index (χ3v) is 6.90. The van der Waals surface area contributed by atoms with Crippen LogP contribution in [0.15, 0.2) is 30.3 Å². The first-order valence-electron chi connectivity index (χ1n) is 10.5. The molecular weight excluding hydrogens is 398 g/mol. The molecule has 0 bridgehead atoms. The third-order valence-electron chi connectivity index (χ3n) is 5.80. The molecular formula is C22H27N5O2S. The van der Waals surface area contributed by atoms with Crippen LogP contribution in [-0.4, -0.2) is 84.4 Å². The number of fused-ring (bicyclic) bond motifs is 1. The molecule has 8 heteroatoms. The summed E-state index contributed by atoms with van der Waals surface area (Å²) in [6.07, 6.45) is 0. The summed E-state index contributed by atoms with van der Waals surface area (Å²) in [6, 6.07) is 9.39. The Morgan fingerprint density at radius 2 is 1.83 bits per heavy atom. The number of phenols is 1. The van der Waals surface area contributed by atoms with Crippen LogP contribution in [0.1, 0.15) is 4.88 Å². The quantitative estimate of drug-likeness (QED) is 0.689. The minimum atomic E-state index is 0.227. The van der Waals surface area contributed by atoms with Crippen molar-refractivity contribution in [3.63, 3.8) is 0 Å². The van der Waals surface area contributed by atoms with Gasteiger partial charge in [0.1, 0.15) is 5.75 Å². The number of piperazine rings is 1. The van der Waals surface area contributed by atoms with Gasteiger partial charge in [0.2, 0.25) is 0 Å². The van der Waals surface area contributed by atoms with Gasteiger partial charge in [-0.2, -0.15) is 0 Å². The van der Waals surface area contributed by atoms with Gasteiger partial charge in [0.05, 0.1) is 23.4 Å². The molecule has 0 aliphatic carbocycles. The van der Waals surface area contributed by atoms with Gasteiger partial charge in [0.25, 0.3) is 0 Å². The van der Waals surface area contributed by atoms with Crippen LogP contribution in [-0.2, 0) is 11.3 Å². The monoisotopic (exact) mass is 425 g/mol. The second kappa shape index (κ2) is 8.47. The predicted octanol–water partition coefficient (Wildman–Crippen LogP) is 2.65. The van der Waals surface area contributed by atoms with E-state index in [0.717, 1.165) is 67.4 Å². The van der Waals surface area contributed by atoms with Crippen molar-refractivity contribution >= 4 is 27.4 Å².